The Kier molecular flexibility index (Phi) is 15.1. The van der Waals surface area contributed by atoms with E-state index in [2.05, 4.69) is 38.1 Å². The van der Waals surface area contributed by atoms with Crippen molar-refractivity contribution in [1.82, 2.24) is 0 Å². The van der Waals surface area contributed by atoms with Gasteiger partial charge in [0.25, 0.3) is 0 Å². The van der Waals surface area contributed by atoms with E-state index in [1.807, 2.05) is 6.92 Å². The molecule has 11 saturated heterocycles. The van der Waals surface area contributed by atoms with Crippen molar-refractivity contribution in [3.8, 4) is 0 Å². The molecule has 76 heavy (non-hydrogen) atoms. The summed E-state index contributed by atoms with van der Waals surface area (Å²) in [6, 6.07) is 0. The summed E-state index contributed by atoms with van der Waals surface area (Å²) in [6.07, 6.45) is 1.96. The minimum Gasteiger partial charge on any atom is -0.387 e. The lowest BCUT2D eigenvalue weighted by molar-refractivity contribution is -0.369. The Bertz CT molecular complexity index is 2440. The Morgan fingerprint density at radius 2 is 1.24 bits per heavy atom. The van der Waals surface area contributed by atoms with Crippen LogP contribution in [0.5, 0.6) is 0 Å². The van der Waals surface area contributed by atoms with E-state index in [0.717, 1.165) is 12.8 Å². The van der Waals surface area contributed by atoms with Crippen LogP contribution in [-0.4, -0.2) is 193 Å². The van der Waals surface area contributed by atoms with Crippen molar-refractivity contribution in [2.45, 2.75) is 282 Å². The SMILES string of the molecule is C=C/C=C/[C@@](C)(O)[C@H]1O[C@@H]2C[C@@H]3O[C@@H]4C[C@@H]5O[C@@H]6C[C@@H]7O[C@@H]8C[C@@H]9O[C@@H]%10C[C@@H]%11O[C@](C)(CCCOS(=O)(=O)O)[C@@H](OS(=O)(=O)O)C[C@H]%11O[C@H]%10C[C@H]9O[C@H]8CC[C@@]7(C)O[C@@]6(C)CC[C@H](C)[C@H]5O[C@H]4[C@@H](O)[C@@]3(C)O[C@H]2CC1=C. The molecule has 0 unspecified atom stereocenters. The summed E-state index contributed by atoms with van der Waals surface area (Å²) in [5, 5.41) is 23.7. The molecule has 0 aliphatic carbocycles. The van der Waals surface area contributed by atoms with Crippen LogP contribution in [0.25, 0.3) is 0 Å². The molecule has 0 aromatic heterocycles. The number of aliphatic hydroxyl groups excluding tert-OH is 1. The number of hydrogen-bond acceptors (Lipinski definition) is 19. The number of aliphatic hydroxyl groups is 2. The van der Waals surface area contributed by atoms with Crippen molar-refractivity contribution < 1.29 is 96.6 Å². The lowest BCUT2D eigenvalue weighted by Gasteiger charge is -2.61. The van der Waals surface area contributed by atoms with Crippen molar-refractivity contribution in [3.63, 3.8) is 0 Å². The fourth-order valence-corrected chi connectivity index (χ4v) is 16.2. The fourth-order valence-electron chi connectivity index (χ4n) is 15.2. The smallest absolute Gasteiger partial charge is 0.387 e. The predicted molar refractivity (Wildman–Crippen MR) is 267 cm³/mol. The second-order valence-electron chi connectivity index (χ2n) is 25.0. The van der Waals surface area contributed by atoms with Crippen LogP contribution in [0.15, 0.2) is 37.0 Å². The van der Waals surface area contributed by atoms with Crippen molar-refractivity contribution in [2.75, 3.05) is 6.61 Å². The van der Waals surface area contributed by atoms with Gasteiger partial charge in [0.2, 0.25) is 0 Å². The molecule has 0 spiro atoms. The van der Waals surface area contributed by atoms with Crippen molar-refractivity contribution in [2.24, 2.45) is 5.92 Å². The molecule has 11 heterocycles. The molecule has 11 fully saturated rings. The second kappa shape index (κ2) is 20.4. The van der Waals surface area contributed by atoms with E-state index < -0.39 is 110 Å². The van der Waals surface area contributed by atoms with Gasteiger partial charge in [-0.25, -0.2) is 8.37 Å². The Balaban J connectivity index is 0.750. The van der Waals surface area contributed by atoms with E-state index in [9.17, 15) is 31.6 Å². The number of fused-ring (bicyclic) bond motifs is 10. The molecule has 21 nitrogen and oxygen atoms in total. The summed E-state index contributed by atoms with van der Waals surface area (Å²) in [6.45, 7) is 19.3. The monoisotopic (exact) mass is 1120 g/mol. The molecule has 26 atom stereocenters. The summed E-state index contributed by atoms with van der Waals surface area (Å²) < 4.78 is 151. The fraction of sp³-hybridized carbons (Fsp3) is 0.887. The van der Waals surface area contributed by atoms with Crippen LogP contribution in [0.4, 0.5) is 0 Å². The lowest BCUT2D eigenvalue weighted by atomic mass is 9.73. The molecule has 0 aromatic carbocycles. The average Bonchev–Trinajstić information content (AvgIpc) is 3.51. The zero-order chi connectivity index (χ0) is 54.1. The van der Waals surface area contributed by atoms with Crippen LogP contribution >= 0.6 is 0 Å². The van der Waals surface area contributed by atoms with Gasteiger partial charge in [0.05, 0.1) is 121 Å². The first kappa shape index (κ1) is 56.3. The quantitative estimate of drug-likeness (QED) is 0.101. The normalized spacial score (nSPS) is 52.1. The van der Waals surface area contributed by atoms with Gasteiger partial charge in [-0.15, -0.1) is 0 Å². The Morgan fingerprint density at radius 3 is 1.89 bits per heavy atom. The summed E-state index contributed by atoms with van der Waals surface area (Å²) in [5.41, 5.74) is -4.27. The molecule has 11 rings (SSSR count). The largest absolute Gasteiger partial charge is 0.397 e. The summed E-state index contributed by atoms with van der Waals surface area (Å²) in [4.78, 5) is 0. The van der Waals surface area contributed by atoms with Crippen LogP contribution in [-0.2, 0) is 81.3 Å². The first-order chi connectivity index (χ1) is 35.6. The zero-order valence-corrected chi connectivity index (χ0v) is 46.1. The van der Waals surface area contributed by atoms with Gasteiger partial charge in [-0.05, 0) is 91.1 Å². The zero-order valence-electron chi connectivity index (χ0n) is 44.4. The maximum atomic E-state index is 12.3. The van der Waals surface area contributed by atoms with Gasteiger partial charge in [0.1, 0.15) is 35.6 Å². The molecule has 430 valence electrons. The maximum Gasteiger partial charge on any atom is 0.397 e. The number of rotatable bonds is 10. The van der Waals surface area contributed by atoms with Crippen LogP contribution in [0.3, 0.4) is 0 Å². The van der Waals surface area contributed by atoms with E-state index in [4.69, 9.17) is 60.8 Å². The third kappa shape index (κ3) is 10.8. The minimum atomic E-state index is -4.90. The van der Waals surface area contributed by atoms with E-state index >= 15 is 0 Å². The minimum absolute atomic E-state index is 0.0634. The molecule has 0 aromatic rings. The van der Waals surface area contributed by atoms with E-state index in [0.29, 0.717) is 63.4 Å². The molecule has 4 N–H and O–H groups in total. The van der Waals surface area contributed by atoms with Gasteiger partial charge in [-0.1, -0.05) is 38.3 Å². The van der Waals surface area contributed by atoms with Gasteiger partial charge in [-0.2, -0.15) is 16.8 Å². The highest BCUT2D eigenvalue weighted by atomic mass is 32.3. The average molecular weight is 1120 g/mol. The van der Waals surface area contributed by atoms with Crippen LogP contribution in [0.2, 0.25) is 0 Å². The predicted octanol–water partition coefficient (Wildman–Crippen LogP) is 4.50. The van der Waals surface area contributed by atoms with Gasteiger partial charge in [0.15, 0.2) is 0 Å². The lowest BCUT2D eigenvalue weighted by Crippen LogP contribution is -2.74. The molecule has 0 radical (unpaired) electrons. The third-order valence-corrected chi connectivity index (χ3v) is 20.3. The first-order valence-corrected chi connectivity index (χ1v) is 30.3. The van der Waals surface area contributed by atoms with Gasteiger partial charge in [0, 0.05) is 44.9 Å². The number of ether oxygens (including phenoxy) is 11. The third-order valence-electron chi connectivity index (χ3n) is 19.4. The summed E-state index contributed by atoms with van der Waals surface area (Å²) in [5.74, 6) is 0.0759. The van der Waals surface area contributed by atoms with Crippen molar-refractivity contribution in [3.05, 3.63) is 37.0 Å². The molecule has 0 bridgehead atoms. The molecular formula is C53H80O21S2. The standard InChI is InChI=1S/C53H80O21S2/c1-9-10-14-49(4,55)48-28(3)19-37-36(69-48)25-44-53(8,72-37)47(54)46-40(68-44)23-39-45(70-46)27(2)12-16-51(6)42(67-39)26-41-52(7,74-51)17-13-29-30(66-41)20-32-31(63-29)21-33-34(64-32)22-38-35(65-33)24-43(73-76(59,60)61)50(5,71-38)15-11-18-62-75(56,57)58/h9-10,14,27,29-48,54-55H,1,3,11-13,15-26H2,2,4-8H3,(H,56,57,58)(H,59,60,61)/b14-10+/t27-,29-,30+,31+,32-,33-,34+,35+,36+,37-,38-,39-,40+,41-,42+,43-,44-,45+,46+,47+,48-,49+,50+,51-,52+,53-/m0/s1. The Morgan fingerprint density at radius 1 is 0.671 bits per heavy atom. The second-order valence-corrected chi connectivity index (χ2v) is 27.1. The molecule has 11 aliphatic heterocycles. The number of hydrogen-bond donors (Lipinski definition) is 4. The van der Waals surface area contributed by atoms with Crippen LogP contribution < -0.4 is 0 Å². The molecule has 23 heteroatoms. The topological polar surface area (TPSA) is 269 Å². The molecule has 11 aliphatic rings. The molecule has 0 saturated carbocycles. The summed E-state index contributed by atoms with van der Waals surface area (Å²) in [7, 11) is -9.59. The van der Waals surface area contributed by atoms with E-state index in [-0.39, 0.29) is 92.8 Å². The van der Waals surface area contributed by atoms with Gasteiger partial charge in [-0.3, -0.25) is 9.11 Å². The van der Waals surface area contributed by atoms with Crippen LogP contribution in [0.1, 0.15) is 131 Å². The number of allylic oxidation sites excluding steroid dienone is 2. The molecular weight excluding hydrogens is 1040 g/mol. The first-order valence-electron chi connectivity index (χ1n) is 27.6. The summed E-state index contributed by atoms with van der Waals surface area (Å²) >= 11 is 0. The van der Waals surface area contributed by atoms with E-state index in [1.54, 1.807) is 32.1 Å². The van der Waals surface area contributed by atoms with Crippen molar-refractivity contribution in [1.29, 1.82) is 0 Å². The highest BCUT2D eigenvalue weighted by Gasteiger charge is 2.65. The van der Waals surface area contributed by atoms with Crippen LogP contribution in [0, 0.1) is 5.92 Å². The highest BCUT2D eigenvalue weighted by molar-refractivity contribution is 7.81. The highest BCUT2D eigenvalue weighted by Crippen LogP contribution is 2.54. The van der Waals surface area contributed by atoms with Gasteiger partial charge >= 0.3 is 20.8 Å². The molecule has 0 amide bonds. The Labute approximate surface area is 446 Å². The van der Waals surface area contributed by atoms with E-state index in [1.165, 1.54) is 0 Å². The van der Waals surface area contributed by atoms with Crippen molar-refractivity contribution >= 4 is 20.8 Å². The van der Waals surface area contributed by atoms with Gasteiger partial charge < -0.3 is 62.3 Å². The maximum absolute atomic E-state index is 12.3. The Hall–Kier alpha value is -1.56.